The standard InChI is InChI=1S/2C20H12NO2.2C18H24N2.2C9H5F2N2.2C9H6FN2.C5H8O2.CH4.3Ir/c2*22-20(23)14-9-10-21-19(12-14)18-11-13-5-1-2-6-15(13)16-7-3-4-8-17(16)18;2*1-17(2,3)13-7-9-19-15(11-13)16-12-14(8-10-20-16)18(4,5)6;2*10-7-2-3-9(8(11)6-7)13-5-1-4-12-13;2*10-8-4-1-2-5-9(8)12-7-3-6-11-12;1-4(6)3-5(2)7;;;;/h2*1-10,12H,(H,22,23);2*7-12H,1-6H3;2*1-2,4-6H;2*1-4,6-7H;3,6H,1-2H3;1H4;;;/q2*-1;;;4*-1;;;;;. The molecule has 10 aromatic carbocycles. The molecule has 759 valence electrons. The summed E-state index contributed by atoms with van der Waals surface area (Å²) in [6, 6.07) is 92.3. The molecule has 0 atom stereocenters. The topological polar surface area (TPSA) is 261 Å². The molecule has 0 unspecified atom stereocenters. The van der Waals surface area contributed by atoms with E-state index in [1.807, 2.05) is 97.6 Å². The maximum atomic E-state index is 13.1. The van der Waals surface area contributed by atoms with Crippen LogP contribution in [0.2, 0.25) is 0 Å². The maximum absolute atomic E-state index is 13.1. The molecule has 0 fully saturated rings. The van der Waals surface area contributed by atoms with E-state index >= 15 is 0 Å². The maximum Gasteiger partial charge on any atom is 0.335 e. The second-order valence-corrected chi connectivity index (χ2v) is 36.3. The van der Waals surface area contributed by atoms with Gasteiger partial charge in [0.15, 0.2) is 5.78 Å². The Bertz CT molecular complexity index is 7210. The van der Waals surface area contributed by atoms with Crippen molar-refractivity contribution in [3.8, 4) is 68.0 Å². The molecule has 147 heavy (non-hydrogen) atoms. The number of aromatic nitrogens is 14. The van der Waals surface area contributed by atoms with Gasteiger partial charge in [0.1, 0.15) is 0 Å². The van der Waals surface area contributed by atoms with E-state index < -0.39 is 35.2 Å². The number of carboxylic acids is 2. The van der Waals surface area contributed by atoms with Crippen LogP contribution in [0.3, 0.4) is 0 Å². The predicted molar refractivity (Wildman–Crippen MR) is 554 cm³/mol. The second kappa shape index (κ2) is 54.0. The zero-order chi connectivity index (χ0) is 103. The van der Waals surface area contributed by atoms with Gasteiger partial charge < -0.3 is 15.3 Å². The molecular formula is C118H106F6Ir3N14O6-6. The largest absolute Gasteiger partial charge is 0.512 e. The minimum Gasteiger partial charge on any atom is -0.512 e. The Balaban J connectivity index is 0.000000204. The number of para-hydroxylation sites is 2. The van der Waals surface area contributed by atoms with Gasteiger partial charge >= 0.3 is 11.9 Å². The number of nitrogens with zero attached hydrogens (tertiary/aromatic N) is 14. The summed E-state index contributed by atoms with van der Waals surface area (Å²) in [7, 11) is 0. The Morgan fingerprint density at radius 3 is 0.830 bits per heavy atom. The van der Waals surface area contributed by atoms with Gasteiger partial charge in [-0.05, 0) is 165 Å². The summed E-state index contributed by atoms with van der Waals surface area (Å²) in [4.78, 5) is 59.1. The third-order valence-electron chi connectivity index (χ3n) is 21.5. The van der Waals surface area contributed by atoms with Gasteiger partial charge in [0.05, 0.1) is 39.7 Å². The van der Waals surface area contributed by atoms with Crippen LogP contribution in [0.5, 0.6) is 0 Å². The molecule has 0 aliphatic heterocycles. The summed E-state index contributed by atoms with van der Waals surface area (Å²) in [5.41, 5.74) is 13.7. The Morgan fingerprint density at radius 1 is 0.306 bits per heavy atom. The Kier molecular flexibility index (Phi) is 43.0. The van der Waals surface area contributed by atoms with E-state index in [1.165, 1.54) is 110 Å². The van der Waals surface area contributed by atoms with Crippen molar-refractivity contribution in [3.05, 3.63) is 458 Å². The van der Waals surface area contributed by atoms with Crippen molar-refractivity contribution in [1.29, 1.82) is 0 Å². The van der Waals surface area contributed by atoms with Gasteiger partial charge in [-0.1, -0.05) is 231 Å². The summed E-state index contributed by atoms with van der Waals surface area (Å²) in [5, 5.41) is 50.6. The molecule has 20 aromatic rings. The zero-order valence-corrected chi connectivity index (χ0v) is 89.2. The number of aliphatic hydroxyl groups excluding tert-OH is 1. The number of rotatable bonds is 11. The number of benzene rings is 10. The average Bonchev–Trinajstić information content (AvgIpc) is 1.21. The first-order valence-corrected chi connectivity index (χ1v) is 45.1. The molecule has 3 N–H and O–H groups in total. The van der Waals surface area contributed by atoms with Gasteiger partial charge in [0, 0.05) is 199 Å². The average molecular weight is 2510 g/mol. The van der Waals surface area contributed by atoms with E-state index in [2.05, 4.69) is 243 Å². The summed E-state index contributed by atoms with van der Waals surface area (Å²) in [5.74, 6) is -5.26. The van der Waals surface area contributed by atoms with E-state index in [4.69, 9.17) is 5.11 Å². The number of ketones is 1. The number of halogens is 6. The molecule has 0 saturated carbocycles. The number of carbonyl (C=O) groups is 3. The van der Waals surface area contributed by atoms with Crippen LogP contribution in [0, 0.1) is 71.3 Å². The summed E-state index contributed by atoms with van der Waals surface area (Å²) in [6.07, 6.45) is 24.4. The van der Waals surface area contributed by atoms with Crippen molar-refractivity contribution >= 4 is 60.8 Å². The molecule has 20 rings (SSSR count). The van der Waals surface area contributed by atoms with Crippen LogP contribution in [0.25, 0.3) is 111 Å². The number of fused-ring (bicyclic) bond motifs is 6. The van der Waals surface area contributed by atoms with Crippen molar-refractivity contribution in [2.24, 2.45) is 0 Å². The van der Waals surface area contributed by atoms with Crippen molar-refractivity contribution in [2.75, 3.05) is 0 Å². The summed E-state index contributed by atoms with van der Waals surface area (Å²) < 4.78 is 82.7. The van der Waals surface area contributed by atoms with Crippen LogP contribution in [-0.4, -0.2) is 102 Å². The van der Waals surface area contributed by atoms with Crippen molar-refractivity contribution in [2.45, 2.75) is 126 Å². The molecule has 3 radical (unpaired) electrons. The molecule has 29 heteroatoms. The number of pyridine rings is 6. The van der Waals surface area contributed by atoms with Crippen LogP contribution >= 0.6 is 0 Å². The summed E-state index contributed by atoms with van der Waals surface area (Å²) in [6.45, 7) is 29.4. The van der Waals surface area contributed by atoms with Gasteiger partial charge in [0.2, 0.25) is 0 Å². The molecular weight excluding hydrogens is 2400 g/mol. The molecule has 0 amide bonds. The number of hydrogen-bond acceptors (Lipinski definition) is 14. The van der Waals surface area contributed by atoms with Crippen LogP contribution in [-0.2, 0) is 86.8 Å². The SMILES string of the molecule is C.CC(=O)C=C(C)O.CC(C)(C)c1ccnc(-c2cc(C(C)(C)C)ccn2)c1.CC(C)(C)c1ccnc(-c2cc(C(C)(C)C)ccn2)c1.Fc1c[c-]c(-n2cccn2)c(F)c1.Fc1c[c-]c(-n2cccn2)c(F)c1.Fc1ccc[c-]c1-n1cccn1.Fc1ccc[c-]c1-n1cccn1.O=C(O)c1ccnc(-c2[c-]c3ccccc3c3ccccc23)c1.O=C(O)c1ccnc(-c2[c-]c3ccccc3c3ccccc23)c1.[Ir].[Ir].[Ir]. The van der Waals surface area contributed by atoms with Gasteiger partial charge in [-0.25, -0.2) is 9.59 Å². The molecule has 0 spiro atoms. The first kappa shape index (κ1) is 117. The minimum absolute atomic E-state index is 0. The quantitative estimate of drug-likeness (QED) is 0.0357. The molecule has 20 nitrogen and oxygen atoms in total. The van der Waals surface area contributed by atoms with Crippen LogP contribution < -0.4 is 0 Å². The van der Waals surface area contributed by atoms with E-state index in [0.717, 1.165) is 101 Å². The van der Waals surface area contributed by atoms with Crippen LogP contribution in [0.4, 0.5) is 26.3 Å². The molecule has 10 heterocycles. The fourth-order valence-corrected chi connectivity index (χ4v) is 14.2. The Hall–Kier alpha value is -15.3. The molecule has 0 aliphatic rings. The fourth-order valence-electron chi connectivity index (χ4n) is 14.2. The normalized spacial score (nSPS) is 10.8. The first-order chi connectivity index (χ1) is 68.2. The van der Waals surface area contributed by atoms with Crippen molar-refractivity contribution in [1.82, 2.24) is 69.0 Å². The van der Waals surface area contributed by atoms with E-state index in [-0.39, 0.29) is 135 Å². The van der Waals surface area contributed by atoms with Crippen molar-refractivity contribution < 1.29 is 116 Å². The molecule has 0 saturated heterocycles. The number of aromatic carboxylic acids is 2. The third kappa shape index (κ3) is 32.8. The monoisotopic (exact) mass is 2510 g/mol. The Morgan fingerprint density at radius 2 is 0.578 bits per heavy atom. The second-order valence-electron chi connectivity index (χ2n) is 36.3. The van der Waals surface area contributed by atoms with Gasteiger partial charge in [-0.2, -0.15) is 68.9 Å². The smallest absolute Gasteiger partial charge is 0.335 e. The van der Waals surface area contributed by atoms with Crippen molar-refractivity contribution in [3.63, 3.8) is 0 Å². The molecule has 0 bridgehead atoms. The third-order valence-corrected chi connectivity index (χ3v) is 21.5. The van der Waals surface area contributed by atoms with E-state index in [1.54, 1.807) is 97.8 Å². The van der Waals surface area contributed by atoms with Gasteiger partial charge in [-0.3, -0.25) is 79.8 Å². The number of aliphatic hydroxyl groups is 1. The van der Waals surface area contributed by atoms with Crippen LogP contribution in [0.1, 0.15) is 147 Å². The Labute approximate surface area is 891 Å². The summed E-state index contributed by atoms with van der Waals surface area (Å²) >= 11 is 0. The fraction of sp³-hybridized carbons (Fsp3) is 0.161. The number of carbonyl (C=O) groups excluding carboxylic acids is 1. The zero-order valence-electron chi connectivity index (χ0n) is 82.0. The minimum atomic E-state index is -0.959. The van der Waals surface area contributed by atoms with E-state index in [0.29, 0.717) is 22.8 Å². The van der Waals surface area contributed by atoms with Crippen LogP contribution in [0.15, 0.2) is 353 Å². The molecule has 10 aromatic heterocycles. The van der Waals surface area contributed by atoms with E-state index in [9.17, 15) is 50.9 Å². The number of hydrogen-bond donors (Lipinski definition) is 3. The predicted octanol–water partition coefficient (Wildman–Crippen LogP) is 27.8. The molecule has 0 aliphatic carbocycles. The first-order valence-electron chi connectivity index (χ1n) is 45.1. The van der Waals surface area contributed by atoms with Gasteiger partial charge in [-0.15, -0.1) is 71.4 Å². The number of carboxylic acid groups (broad SMARTS) is 2. The van der Waals surface area contributed by atoms with Gasteiger partial charge in [0.25, 0.3) is 0 Å². The number of allylic oxidation sites excluding steroid dienone is 2.